The van der Waals surface area contributed by atoms with Crippen molar-refractivity contribution in [3.63, 3.8) is 0 Å². The van der Waals surface area contributed by atoms with E-state index in [1.54, 1.807) is 14.2 Å². The molecule has 0 bridgehead atoms. The molecule has 0 atom stereocenters. The van der Waals surface area contributed by atoms with Crippen molar-refractivity contribution >= 4 is 5.96 Å². The van der Waals surface area contributed by atoms with Gasteiger partial charge in [-0.15, -0.1) is 0 Å². The number of guanidine groups is 1. The Balaban J connectivity index is 1.68. The number of nitrogens with one attached hydrogen (secondary N) is 2. The van der Waals surface area contributed by atoms with E-state index in [1.807, 2.05) is 0 Å². The molecule has 128 valence electrons. The van der Waals surface area contributed by atoms with Crippen LogP contribution in [0.2, 0.25) is 0 Å². The zero-order valence-corrected chi connectivity index (χ0v) is 14.6. The highest BCUT2D eigenvalue weighted by Crippen LogP contribution is 2.05. The molecule has 0 aliphatic rings. The van der Waals surface area contributed by atoms with E-state index < -0.39 is 0 Å². The quantitative estimate of drug-likeness (QED) is 0.445. The van der Waals surface area contributed by atoms with Gasteiger partial charge in [0, 0.05) is 27.2 Å². The molecule has 0 amide bonds. The molecular formula is C20H27N3O. The molecule has 2 aromatic carbocycles. The topological polar surface area (TPSA) is 45.7 Å². The monoisotopic (exact) mass is 325 g/mol. The molecule has 24 heavy (non-hydrogen) atoms. The molecule has 0 unspecified atom stereocenters. The van der Waals surface area contributed by atoms with Crippen molar-refractivity contribution in [1.29, 1.82) is 0 Å². The molecule has 0 saturated carbocycles. The largest absolute Gasteiger partial charge is 0.380 e. The molecule has 0 aliphatic heterocycles. The molecule has 0 heterocycles. The third-order valence-electron chi connectivity index (χ3n) is 3.80. The van der Waals surface area contributed by atoms with Gasteiger partial charge >= 0.3 is 0 Å². The van der Waals surface area contributed by atoms with Crippen LogP contribution in [0.5, 0.6) is 0 Å². The Hall–Kier alpha value is -2.33. The van der Waals surface area contributed by atoms with E-state index in [1.165, 1.54) is 16.7 Å². The number of rotatable bonds is 8. The van der Waals surface area contributed by atoms with Crippen LogP contribution < -0.4 is 10.6 Å². The van der Waals surface area contributed by atoms with Gasteiger partial charge in [-0.25, -0.2) is 0 Å². The van der Waals surface area contributed by atoms with Crippen LogP contribution in [-0.2, 0) is 24.3 Å². The first-order valence-corrected chi connectivity index (χ1v) is 8.37. The van der Waals surface area contributed by atoms with Crippen LogP contribution in [0.4, 0.5) is 0 Å². The molecule has 0 aromatic heterocycles. The highest BCUT2D eigenvalue weighted by atomic mass is 16.5. The molecule has 0 radical (unpaired) electrons. The van der Waals surface area contributed by atoms with Crippen molar-refractivity contribution in [2.75, 3.05) is 20.7 Å². The SMILES string of the molecule is CN=C(NCCCc1ccccc1)NCc1ccc(COC)cc1. The summed E-state index contributed by atoms with van der Waals surface area (Å²) in [6.45, 7) is 2.31. The first-order chi connectivity index (χ1) is 11.8. The maximum Gasteiger partial charge on any atom is 0.191 e. The van der Waals surface area contributed by atoms with Crippen LogP contribution in [0.1, 0.15) is 23.1 Å². The number of aryl methyl sites for hydroxylation is 1. The van der Waals surface area contributed by atoms with Crippen molar-refractivity contribution in [3.8, 4) is 0 Å². The van der Waals surface area contributed by atoms with Crippen molar-refractivity contribution in [3.05, 3.63) is 71.3 Å². The molecule has 0 spiro atoms. The number of aliphatic imine (C=N–C) groups is 1. The summed E-state index contributed by atoms with van der Waals surface area (Å²) in [5.41, 5.74) is 3.78. The van der Waals surface area contributed by atoms with Crippen LogP contribution in [0.25, 0.3) is 0 Å². The van der Waals surface area contributed by atoms with Crippen molar-refractivity contribution in [2.45, 2.75) is 26.0 Å². The van der Waals surface area contributed by atoms with Gasteiger partial charge in [0.2, 0.25) is 0 Å². The molecule has 0 aliphatic carbocycles. The van der Waals surface area contributed by atoms with Gasteiger partial charge in [-0.2, -0.15) is 0 Å². The average molecular weight is 325 g/mol. The Morgan fingerprint density at radius 1 is 0.917 bits per heavy atom. The first kappa shape index (κ1) is 18.0. The van der Waals surface area contributed by atoms with E-state index in [0.29, 0.717) is 6.61 Å². The van der Waals surface area contributed by atoms with Crippen LogP contribution in [-0.4, -0.2) is 26.7 Å². The molecule has 2 aromatic rings. The lowest BCUT2D eigenvalue weighted by Gasteiger charge is -2.12. The summed E-state index contributed by atoms with van der Waals surface area (Å²) < 4.78 is 5.13. The number of ether oxygens (including phenoxy) is 1. The fourth-order valence-electron chi connectivity index (χ4n) is 2.47. The minimum absolute atomic E-state index is 0.651. The second kappa shape index (κ2) is 10.4. The second-order valence-electron chi connectivity index (χ2n) is 5.69. The molecule has 0 saturated heterocycles. The summed E-state index contributed by atoms with van der Waals surface area (Å²) in [4.78, 5) is 4.27. The predicted molar refractivity (Wildman–Crippen MR) is 100 cm³/mol. The maximum atomic E-state index is 5.13. The number of hydrogen-bond acceptors (Lipinski definition) is 2. The Morgan fingerprint density at radius 3 is 2.29 bits per heavy atom. The van der Waals surface area contributed by atoms with Crippen LogP contribution in [0, 0.1) is 0 Å². The van der Waals surface area contributed by atoms with Gasteiger partial charge in [0.15, 0.2) is 5.96 Å². The van der Waals surface area contributed by atoms with Gasteiger partial charge in [0.1, 0.15) is 0 Å². The Bertz CT molecular complexity index is 609. The van der Waals surface area contributed by atoms with E-state index in [-0.39, 0.29) is 0 Å². The molecule has 2 rings (SSSR count). The summed E-state index contributed by atoms with van der Waals surface area (Å²) in [5, 5.41) is 6.70. The van der Waals surface area contributed by atoms with Gasteiger partial charge in [0.25, 0.3) is 0 Å². The molecule has 0 fully saturated rings. The predicted octanol–water partition coefficient (Wildman–Crippen LogP) is 3.13. The minimum atomic E-state index is 0.651. The highest BCUT2D eigenvalue weighted by Gasteiger charge is 1.99. The van der Waals surface area contributed by atoms with Gasteiger partial charge in [-0.1, -0.05) is 54.6 Å². The average Bonchev–Trinajstić information content (AvgIpc) is 2.63. The fourth-order valence-corrected chi connectivity index (χ4v) is 2.47. The summed E-state index contributed by atoms with van der Waals surface area (Å²) in [5.74, 6) is 0.837. The van der Waals surface area contributed by atoms with E-state index in [2.05, 4.69) is 70.2 Å². The van der Waals surface area contributed by atoms with Crippen LogP contribution >= 0.6 is 0 Å². The number of hydrogen-bond donors (Lipinski definition) is 2. The van der Waals surface area contributed by atoms with E-state index in [9.17, 15) is 0 Å². The lowest BCUT2D eigenvalue weighted by Crippen LogP contribution is -2.37. The van der Waals surface area contributed by atoms with E-state index in [4.69, 9.17) is 4.74 Å². The lowest BCUT2D eigenvalue weighted by atomic mass is 10.1. The van der Waals surface area contributed by atoms with Gasteiger partial charge in [-0.3, -0.25) is 4.99 Å². The minimum Gasteiger partial charge on any atom is -0.380 e. The zero-order chi connectivity index (χ0) is 17.0. The van der Waals surface area contributed by atoms with Gasteiger partial charge in [-0.05, 0) is 29.5 Å². The molecule has 2 N–H and O–H groups in total. The third kappa shape index (κ3) is 6.42. The highest BCUT2D eigenvalue weighted by molar-refractivity contribution is 5.79. The summed E-state index contributed by atoms with van der Waals surface area (Å²) in [6.07, 6.45) is 2.15. The van der Waals surface area contributed by atoms with Gasteiger partial charge in [0.05, 0.1) is 6.61 Å². The molecular weight excluding hydrogens is 298 g/mol. The first-order valence-electron chi connectivity index (χ1n) is 8.37. The van der Waals surface area contributed by atoms with E-state index >= 15 is 0 Å². The Kier molecular flexibility index (Phi) is 7.84. The summed E-state index contributed by atoms with van der Waals surface area (Å²) in [7, 11) is 3.51. The maximum absolute atomic E-state index is 5.13. The smallest absolute Gasteiger partial charge is 0.191 e. The fraction of sp³-hybridized carbons (Fsp3) is 0.350. The number of benzene rings is 2. The molecule has 4 nitrogen and oxygen atoms in total. The number of methoxy groups -OCH3 is 1. The van der Waals surface area contributed by atoms with Crippen LogP contribution in [0.3, 0.4) is 0 Å². The second-order valence-corrected chi connectivity index (χ2v) is 5.69. The zero-order valence-electron chi connectivity index (χ0n) is 14.6. The Labute approximate surface area is 145 Å². The summed E-state index contributed by atoms with van der Waals surface area (Å²) >= 11 is 0. The standard InChI is InChI=1S/C20H27N3O/c1-21-20(22-14-6-9-17-7-4-3-5-8-17)23-15-18-10-12-19(13-11-18)16-24-2/h3-5,7-8,10-13H,6,9,14-16H2,1-2H3,(H2,21,22,23). The van der Waals surface area contributed by atoms with E-state index in [0.717, 1.165) is 31.9 Å². The van der Waals surface area contributed by atoms with Gasteiger partial charge < -0.3 is 15.4 Å². The summed E-state index contributed by atoms with van der Waals surface area (Å²) in [6, 6.07) is 19.0. The molecule has 4 heteroatoms. The Morgan fingerprint density at radius 2 is 1.62 bits per heavy atom. The normalized spacial score (nSPS) is 11.3. The number of nitrogens with zero attached hydrogens (tertiary/aromatic N) is 1. The van der Waals surface area contributed by atoms with Crippen LogP contribution in [0.15, 0.2) is 59.6 Å². The lowest BCUT2D eigenvalue weighted by molar-refractivity contribution is 0.185. The third-order valence-corrected chi connectivity index (χ3v) is 3.80. The van der Waals surface area contributed by atoms with Crippen molar-refractivity contribution in [1.82, 2.24) is 10.6 Å². The van der Waals surface area contributed by atoms with Crippen molar-refractivity contribution in [2.24, 2.45) is 4.99 Å². The van der Waals surface area contributed by atoms with Crippen molar-refractivity contribution < 1.29 is 4.74 Å².